The van der Waals surface area contributed by atoms with Crippen molar-refractivity contribution < 1.29 is 17.9 Å². The van der Waals surface area contributed by atoms with Gasteiger partial charge in [0.05, 0.1) is 4.90 Å². The number of benzene rings is 2. The van der Waals surface area contributed by atoms with Crippen molar-refractivity contribution in [3.05, 3.63) is 64.6 Å². The highest BCUT2D eigenvalue weighted by Gasteiger charge is 2.25. The number of amides is 1. The molecule has 1 atom stereocenters. The lowest BCUT2D eigenvalue weighted by Gasteiger charge is -2.19. The van der Waals surface area contributed by atoms with Crippen LogP contribution < -0.4 is 10.0 Å². The van der Waals surface area contributed by atoms with E-state index in [9.17, 15) is 13.2 Å². The summed E-state index contributed by atoms with van der Waals surface area (Å²) in [6, 6.07) is 14.7. The zero-order chi connectivity index (χ0) is 19.7. The molecule has 0 aliphatic heterocycles. The molecule has 0 fully saturated rings. The second-order valence-electron chi connectivity index (χ2n) is 5.95. The van der Waals surface area contributed by atoms with Gasteiger partial charge in [-0.05, 0) is 42.7 Å². The molecule has 0 aliphatic rings. The highest BCUT2D eigenvalue weighted by atomic mass is 79.9. The van der Waals surface area contributed by atoms with E-state index in [4.69, 9.17) is 4.74 Å². The van der Waals surface area contributed by atoms with Gasteiger partial charge in [-0.2, -0.15) is 4.72 Å². The number of nitrogens with one attached hydrogen (secondary N) is 2. The SMILES string of the molecule is COCCCNC(=O)[C@H](Cc1ccccc1)NS(=O)(=O)c1ccc(Br)cc1. The summed E-state index contributed by atoms with van der Waals surface area (Å²) in [7, 11) is -2.24. The third-order valence-corrected chi connectivity index (χ3v) is 5.86. The van der Waals surface area contributed by atoms with Crippen molar-refractivity contribution in [3.63, 3.8) is 0 Å². The number of halogens is 1. The third-order valence-electron chi connectivity index (χ3n) is 3.84. The molecular weight excluding hydrogens is 432 g/mol. The van der Waals surface area contributed by atoms with Crippen molar-refractivity contribution in [1.29, 1.82) is 0 Å². The van der Waals surface area contributed by atoms with E-state index in [-0.39, 0.29) is 17.2 Å². The smallest absolute Gasteiger partial charge is 0.241 e. The molecule has 6 nitrogen and oxygen atoms in total. The summed E-state index contributed by atoms with van der Waals surface area (Å²) in [5.41, 5.74) is 0.869. The molecule has 0 radical (unpaired) electrons. The normalized spacial score (nSPS) is 12.5. The van der Waals surface area contributed by atoms with E-state index < -0.39 is 16.1 Å². The maximum absolute atomic E-state index is 12.7. The lowest BCUT2D eigenvalue weighted by molar-refractivity contribution is -0.122. The number of carbonyl (C=O) groups is 1. The van der Waals surface area contributed by atoms with Crippen LogP contribution in [0.2, 0.25) is 0 Å². The maximum Gasteiger partial charge on any atom is 0.241 e. The van der Waals surface area contributed by atoms with Gasteiger partial charge in [0.1, 0.15) is 6.04 Å². The first kappa shape index (κ1) is 21.6. The zero-order valence-corrected chi connectivity index (χ0v) is 17.4. The highest BCUT2D eigenvalue weighted by molar-refractivity contribution is 9.10. The van der Waals surface area contributed by atoms with Crippen molar-refractivity contribution >= 4 is 31.9 Å². The lowest BCUT2D eigenvalue weighted by atomic mass is 10.1. The monoisotopic (exact) mass is 454 g/mol. The van der Waals surface area contributed by atoms with E-state index in [2.05, 4.69) is 26.0 Å². The van der Waals surface area contributed by atoms with Crippen LogP contribution in [0.1, 0.15) is 12.0 Å². The summed E-state index contributed by atoms with van der Waals surface area (Å²) >= 11 is 3.28. The fourth-order valence-electron chi connectivity index (χ4n) is 2.46. The summed E-state index contributed by atoms with van der Waals surface area (Å²) < 4.78 is 33.7. The zero-order valence-electron chi connectivity index (χ0n) is 15.0. The average molecular weight is 455 g/mol. The van der Waals surface area contributed by atoms with E-state index in [0.717, 1.165) is 10.0 Å². The molecule has 0 bridgehead atoms. The molecule has 0 heterocycles. The van der Waals surface area contributed by atoms with Gasteiger partial charge in [0.25, 0.3) is 0 Å². The van der Waals surface area contributed by atoms with Crippen LogP contribution >= 0.6 is 15.9 Å². The number of rotatable bonds is 10. The Hall–Kier alpha value is -1.74. The number of sulfonamides is 1. The fourth-order valence-corrected chi connectivity index (χ4v) is 3.92. The second kappa shape index (κ2) is 10.6. The summed E-state index contributed by atoms with van der Waals surface area (Å²) in [5.74, 6) is -0.365. The Morgan fingerprint density at radius 3 is 2.41 bits per heavy atom. The standard InChI is InChI=1S/C19H23BrN2O4S/c1-26-13-5-12-21-19(23)18(14-15-6-3-2-4-7-15)22-27(24,25)17-10-8-16(20)9-11-17/h2-4,6-11,18,22H,5,12-14H2,1H3,(H,21,23)/t18-/m0/s1. The largest absolute Gasteiger partial charge is 0.385 e. The number of methoxy groups -OCH3 is 1. The van der Waals surface area contributed by atoms with Crippen LogP contribution in [0.4, 0.5) is 0 Å². The summed E-state index contributed by atoms with van der Waals surface area (Å²) in [6.45, 7) is 0.937. The van der Waals surface area contributed by atoms with Crippen LogP contribution in [0.5, 0.6) is 0 Å². The molecule has 1 amide bonds. The quantitative estimate of drug-likeness (QED) is 0.540. The van der Waals surface area contributed by atoms with Gasteiger partial charge >= 0.3 is 0 Å². The van der Waals surface area contributed by atoms with Crippen molar-refractivity contribution in [2.45, 2.75) is 23.8 Å². The van der Waals surface area contributed by atoms with Gasteiger partial charge in [0.2, 0.25) is 15.9 Å². The Bertz CT molecular complexity index is 827. The first-order chi connectivity index (χ1) is 12.9. The Morgan fingerprint density at radius 2 is 1.78 bits per heavy atom. The summed E-state index contributed by atoms with van der Waals surface area (Å²) in [4.78, 5) is 12.7. The van der Waals surface area contributed by atoms with Crippen LogP contribution in [-0.4, -0.2) is 40.6 Å². The minimum Gasteiger partial charge on any atom is -0.385 e. The summed E-state index contributed by atoms with van der Waals surface area (Å²) in [5, 5.41) is 2.77. The first-order valence-electron chi connectivity index (χ1n) is 8.51. The molecule has 2 aromatic rings. The van der Waals surface area contributed by atoms with Crippen molar-refractivity contribution in [1.82, 2.24) is 10.0 Å². The Labute approximate surface area is 168 Å². The second-order valence-corrected chi connectivity index (χ2v) is 8.58. The molecule has 0 unspecified atom stereocenters. The number of carbonyl (C=O) groups excluding carboxylic acids is 1. The highest BCUT2D eigenvalue weighted by Crippen LogP contribution is 2.15. The Kier molecular flexibility index (Phi) is 8.43. The van der Waals surface area contributed by atoms with Crippen LogP contribution in [0.3, 0.4) is 0 Å². The van der Waals surface area contributed by atoms with E-state index >= 15 is 0 Å². The minimum atomic E-state index is -3.83. The molecule has 2 aromatic carbocycles. The van der Waals surface area contributed by atoms with Crippen LogP contribution in [-0.2, 0) is 26.0 Å². The maximum atomic E-state index is 12.7. The molecular formula is C19H23BrN2O4S. The molecule has 2 rings (SSSR count). The fraction of sp³-hybridized carbons (Fsp3) is 0.316. The average Bonchev–Trinajstić information content (AvgIpc) is 2.65. The third kappa shape index (κ3) is 7.06. The molecule has 0 aliphatic carbocycles. The van der Waals surface area contributed by atoms with Gasteiger partial charge in [-0.25, -0.2) is 8.42 Å². The van der Waals surface area contributed by atoms with E-state index in [1.165, 1.54) is 12.1 Å². The van der Waals surface area contributed by atoms with Crippen LogP contribution in [0.25, 0.3) is 0 Å². The molecule has 27 heavy (non-hydrogen) atoms. The van der Waals surface area contributed by atoms with E-state index in [0.29, 0.717) is 19.6 Å². The predicted molar refractivity (Wildman–Crippen MR) is 108 cm³/mol. The predicted octanol–water partition coefficient (Wildman–Crippen LogP) is 2.49. The molecule has 0 saturated carbocycles. The van der Waals surface area contributed by atoms with Gasteiger partial charge < -0.3 is 10.1 Å². The summed E-state index contributed by atoms with van der Waals surface area (Å²) in [6.07, 6.45) is 0.909. The van der Waals surface area contributed by atoms with Gasteiger partial charge in [-0.15, -0.1) is 0 Å². The van der Waals surface area contributed by atoms with Crippen LogP contribution in [0.15, 0.2) is 64.0 Å². The molecule has 8 heteroatoms. The molecule has 146 valence electrons. The van der Waals surface area contributed by atoms with Gasteiger partial charge in [-0.1, -0.05) is 46.3 Å². The molecule has 0 aromatic heterocycles. The van der Waals surface area contributed by atoms with Gasteiger partial charge in [-0.3, -0.25) is 4.79 Å². The lowest BCUT2D eigenvalue weighted by Crippen LogP contribution is -2.48. The van der Waals surface area contributed by atoms with E-state index in [1.54, 1.807) is 19.2 Å². The van der Waals surface area contributed by atoms with Crippen molar-refractivity contribution in [2.24, 2.45) is 0 Å². The number of ether oxygens (including phenoxy) is 1. The Morgan fingerprint density at radius 1 is 1.11 bits per heavy atom. The molecule has 0 spiro atoms. The minimum absolute atomic E-state index is 0.107. The molecule has 0 saturated heterocycles. The van der Waals surface area contributed by atoms with Gasteiger partial charge in [0.15, 0.2) is 0 Å². The Balaban J connectivity index is 2.15. The van der Waals surface area contributed by atoms with Crippen molar-refractivity contribution in [2.75, 3.05) is 20.3 Å². The topological polar surface area (TPSA) is 84.5 Å². The number of hydrogen-bond acceptors (Lipinski definition) is 4. The first-order valence-corrected chi connectivity index (χ1v) is 10.8. The van der Waals surface area contributed by atoms with Crippen molar-refractivity contribution in [3.8, 4) is 0 Å². The molecule has 2 N–H and O–H groups in total. The van der Waals surface area contributed by atoms with Crippen LogP contribution in [0, 0.1) is 0 Å². The number of hydrogen-bond donors (Lipinski definition) is 2. The van der Waals surface area contributed by atoms with Gasteiger partial charge in [0, 0.05) is 24.7 Å². The van der Waals surface area contributed by atoms with E-state index in [1.807, 2.05) is 30.3 Å².